The quantitative estimate of drug-likeness (QED) is 0.386. The molecule has 0 spiro atoms. The smallest absolute Gasteiger partial charge is 0.315 e. The molecular weight excluding hydrogens is 212 g/mol. The minimum atomic E-state index is -0.0550. The van der Waals surface area contributed by atoms with Crippen LogP contribution in [0.25, 0.3) is 0 Å². The zero-order chi connectivity index (χ0) is 12.0. The average molecular weight is 228 g/mol. The van der Waals surface area contributed by atoms with Gasteiger partial charge >= 0.3 is 5.97 Å². The molecule has 1 aromatic carbocycles. The number of hydrogen-bond acceptors (Lipinski definition) is 2. The molecule has 88 valence electrons. The highest BCUT2D eigenvalue weighted by atomic mass is 16.5. The van der Waals surface area contributed by atoms with Gasteiger partial charge in [-0.15, -0.1) is 0 Å². The molecule has 0 saturated carbocycles. The van der Waals surface area contributed by atoms with E-state index < -0.39 is 0 Å². The molecule has 0 saturated heterocycles. The van der Waals surface area contributed by atoms with Crippen LogP contribution in [0.15, 0.2) is 35.4 Å². The number of fused-ring (bicyclic) bond motifs is 3. The van der Waals surface area contributed by atoms with Gasteiger partial charge in [0.05, 0.1) is 5.92 Å². The third-order valence-corrected chi connectivity index (χ3v) is 4.10. The Balaban J connectivity index is 2.08. The Hall–Kier alpha value is -1.57. The fourth-order valence-corrected chi connectivity index (χ4v) is 2.93. The van der Waals surface area contributed by atoms with E-state index in [1.54, 1.807) is 0 Å². The molecule has 1 aliphatic heterocycles. The van der Waals surface area contributed by atoms with Gasteiger partial charge in [-0.1, -0.05) is 29.3 Å². The number of carbonyl (C=O) groups is 1. The maximum absolute atomic E-state index is 12.0. The highest BCUT2D eigenvalue weighted by Crippen LogP contribution is 2.46. The zero-order valence-corrected chi connectivity index (χ0v) is 10.2. The number of ether oxygens (including phenoxy) is 1. The van der Waals surface area contributed by atoms with Crippen molar-refractivity contribution in [2.24, 2.45) is 5.92 Å². The molecule has 0 N–H and O–H groups in total. The molecule has 0 bridgehead atoms. The van der Waals surface area contributed by atoms with Crippen LogP contribution in [-0.4, -0.2) is 5.97 Å². The molecule has 2 heteroatoms. The van der Waals surface area contributed by atoms with Gasteiger partial charge in [-0.05, 0) is 38.3 Å². The van der Waals surface area contributed by atoms with E-state index in [4.69, 9.17) is 4.74 Å². The van der Waals surface area contributed by atoms with Crippen LogP contribution in [0.2, 0.25) is 0 Å². The molecule has 0 amide bonds. The average Bonchev–Trinajstić information content (AvgIpc) is 2.32. The number of rotatable bonds is 0. The van der Waals surface area contributed by atoms with E-state index in [0.29, 0.717) is 5.92 Å². The van der Waals surface area contributed by atoms with Crippen molar-refractivity contribution < 1.29 is 9.53 Å². The third-order valence-electron chi connectivity index (χ3n) is 4.10. The predicted octanol–water partition coefficient (Wildman–Crippen LogP) is 3.44. The standard InChI is InChI=1S/C15H16O2/c1-9-7-12-11-5-3-4-6-14(11)17-15(16)13(12)8-10(9)2/h3-6,12-13H,7-8H2,1-2H3/t12-,13?/m0/s1. The molecule has 1 unspecified atom stereocenters. The number of benzene rings is 1. The van der Waals surface area contributed by atoms with Gasteiger partial charge in [-0.3, -0.25) is 4.79 Å². The lowest BCUT2D eigenvalue weighted by atomic mass is 9.72. The van der Waals surface area contributed by atoms with Crippen molar-refractivity contribution >= 4 is 5.97 Å². The van der Waals surface area contributed by atoms with Crippen molar-refractivity contribution in [3.63, 3.8) is 0 Å². The Morgan fingerprint density at radius 1 is 1.06 bits per heavy atom. The van der Waals surface area contributed by atoms with E-state index in [0.717, 1.165) is 18.6 Å². The first kappa shape index (κ1) is 10.6. The molecule has 2 aliphatic rings. The highest BCUT2D eigenvalue weighted by molar-refractivity contribution is 5.80. The highest BCUT2D eigenvalue weighted by Gasteiger charge is 2.39. The maximum atomic E-state index is 12.0. The Morgan fingerprint density at radius 3 is 2.47 bits per heavy atom. The predicted molar refractivity (Wildman–Crippen MR) is 65.9 cm³/mol. The number of hydrogen-bond donors (Lipinski definition) is 0. The molecular formula is C15H16O2. The Labute approximate surface area is 101 Å². The van der Waals surface area contributed by atoms with E-state index in [1.165, 1.54) is 16.7 Å². The fourth-order valence-electron chi connectivity index (χ4n) is 2.93. The van der Waals surface area contributed by atoms with Gasteiger partial charge in [0.25, 0.3) is 0 Å². The lowest BCUT2D eigenvalue weighted by Crippen LogP contribution is -2.34. The number of carbonyl (C=O) groups excluding carboxylic acids is 1. The summed E-state index contributed by atoms with van der Waals surface area (Å²) in [5.41, 5.74) is 3.97. The summed E-state index contributed by atoms with van der Waals surface area (Å²) in [5, 5.41) is 0. The maximum Gasteiger partial charge on any atom is 0.315 e. The second-order valence-corrected chi connectivity index (χ2v) is 5.14. The number of esters is 1. The van der Waals surface area contributed by atoms with Crippen LogP contribution in [-0.2, 0) is 4.79 Å². The zero-order valence-electron chi connectivity index (χ0n) is 10.2. The summed E-state index contributed by atoms with van der Waals surface area (Å²) in [6.07, 6.45) is 1.84. The van der Waals surface area contributed by atoms with Gasteiger partial charge in [0.1, 0.15) is 5.75 Å². The SMILES string of the molecule is CC1=C(C)C[C@H]2c3ccccc3OC(=O)C2C1. The first-order valence-corrected chi connectivity index (χ1v) is 6.12. The number of para-hydroxylation sites is 1. The van der Waals surface area contributed by atoms with Crippen molar-refractivity contribution in [3.8, 4) is 5.75 Å². The van der Waals surface area contributed by atoms with Gasteiger partial charge in [0.15, 0.2) is 0 Å². The lowest BCUT2D eigenvalue weighted by Gasteiger charge is -2.36. The molecule has 2 atom stereocenters. The minimum Gasteiger partial charge on any atom is -0.426 e. The van der Waals surface area contributed by atoms with Gasteiger partial charge < -0.3 is 4.74 Å². The number of allylic oxidation sites excluding steroid dienone is 2. The summed E-state index contributed by atoms with van der Waals surface area (Å²) in [5.74, 6) is 1.04. The largest absolute Gasteiger partial charge is 0.426 e. The molecule has 0 fully saturated rings. The van der Waals surface area contributed by atoms with Crippen molar-refractivity contribution in [2.45, 2.75) is 32.6 Å². The lowest BCUT2D eigenvalue weighted by molar-refractivity contribution is -0.141. The fraction of sp³-hybridized carbons (Fsp3) is 0.400. The third kappa shape index (κ3) is 1.59. The van der Waals surface area contributed by atoms with Crippen LogP contribution >= 0.6 is 0 Å². The molecule has 17 heavy (non-hydrogen) atoms. The second kappa shape index (κ2) is 3.73. The Morgan fingerprint density at radius 2 is 1.71 bits per heavy atom. The van der Waals surface area contributed by atoms with Crippen molar-refractivity contribution in [1.82, 2.24) is 0 Å². The van der Waals surface area contributed by atoms with Crippen LogP contribution in [0.4, 0.5) is 0 Å². The topological polar surface area (TPSA) is 26.3 Å². The van der Waals surface area contributed by atoms with Gasteiger partial charge in [0.2, 0.25) is 0 Å². The normalized spacial score (nSPS) is 27.3. The van der Waals surface area contributed by atoms with Crippen LogP contribution in [0, 0.1) is 5.92 Å². The van der Waals surface area contributed by atoms with Crippen LogP contribution in [0.5, 0.6) is 5.75 Å². The first-order chi connectivity index (χ1) is 8.16. The molecule has 1 aromatic rings. The summed E-state index contributed by atoms with van der Waals surface area (Å²) in [6, 6.07) is 7.93. The Kier molecular flexibility index (Phi) is 2.32. The van der Waals surface area contributed by atoms with Crippen molar-refractivity contribution in [1.29, 1.82) is 0 Å². The van der Waals surface area contributed by atoms with Gasteiger partial charge in [-0.2, -0.15) is 0 Å². The Bertz CT molecular complexity index is 513. The summed E-state index contributed by atoms with van der Waals surface area (Å²) in [4.78, 5) is 12.0. The summed E-state index contributed by atoms with van der Waals surface area (Å²) in [6.45, 7) is 4.30. The molecule has 1 aliphatic carbocycles. The molecule has 3 rings (SSSR count). The monoisotopic (exact) mass is 228 g/mol. The molecule has 1 heterocycles. The summed E-state index contributed by atoms with van der Waals surface area (Å²) >= 11 is 0. The van der Waals surface area contributed by atoms with Crippen LogP contribution < -0.4 is 4.74 Å². The molecule has 0 radical (unpaired) electrons. The minimum absolute atomic E-state index is 0.0219. The van der Waals surface area contributed by atoms with E-state index in [9.17, 15) is 4.79 Å². The van der Waals surface area contributed by atoms with Crippen LogP contribution in [0.1, 0.15) is 38.2 Å². The van der Waals surface area contributed by atoms with Gasteiger partial charge in [0, 0.05) is 5.92 Å². The van der Waals surface area contributed by atoms with Crippen LogP contribution in [0.3, 0.4) is 0 Å². The first-order valence-electron chi connectivity index (χ1n) is 6.12. The summed E-state index contributed by atoms with van der Waals surface area (Å²) < 4.78 is 5.42. The van der Waals surface area contributed by atoms with Gasteiger partial charge in [-0.25, -0.2) is 0 Å². The van der Waals surface area contributed by atoms with E-state index in [2.05, 4.69) is 19.9 Å². The van der Waals surface area contributed by atoms with E-state index >= 15 is 0 Å². The van der Waals surface area contributed by atoms with E-state index in [-0.39, 0.29) is 11.9 Å². The van der Waals surface area contributed by atoms with E-state index in [1.807, 2.05) is 18.2 Å². The molecule has 0 aromatic heterocycles. The van der Waals surface area contributed by atoms with Crippen molar-refractivity contribution in [2.75, 3.05) is 0 Å². The van der Waals surface area contributed by atoms with Crippen molar-refractivity contribution in [3.05, 3.63) is 41.0 Å². The second-order valence-electron chi connectivity index (χ2n) is 5.14. The summed E-state index contributed by atoms with van der Waals surface area (Å²) in [7, 11) is 0. The molecule has 2 nitrogen and oxygen atoms in total.